The second kappa shape index (κ2) is 6.44. The predicted octanol–water partition coefficient (Wildman–Crippen LogP) is 1.40. The van der Waals surface area contributed by atoms with Crippen molar-refractivity contribution in [2.75, 3.05) is 13.2 Å². The van der Waals surface area contributed by atoms with E-state index < -0.39 is 10.0 Å². The summed E-state index contributed by atoms with van der Waals surface area (Å²) >= 11 is 0. The highest BCUT2D eigenvalue weighted by Gasteiger charge is 2.22. The molecule has 2 aliphatic rings. The Bertz CT molecular complexity index is 578. The van der Waals surface area contributed by atoms with Crippen molar-refractivity contribution in [2.45, 2.75) is 49.3 Å². The fourth-order valence-electron chi connectivity index (χ4n) is 2.46. The smallest absolute Gasteiger partial charge is 0.240 e. The second-order valence-electron chi connectivity index (χ2n) is 5.79. The number of hydrogen-bond donors (Lipinski definition) is 2. The number of benzene rings is 1. The van der Waals surface area contributed by atoms with Crippen molar-refractivity contribution in [3.8, 4) is 0 Å². The fraction of sp³-hybridized carbons (Fsp3) is 0.600. The zero-order chi connectivity index (χ0) is 14.7. The first-order valence-corrected chi connectivity index (χ1v) is 9.05. The molecule has 5 nitrogen and oxygen atoms in total. The van der Waals surface area contributed by atoms with Gasteiger partial charge in [0.2, 0.25) is 10.0 Å². The topological polar surface area (TPSA) is 67.4 Å². The van der Waals surface area contributed by atoms with Gasteiger partial charge in [-0.05, 0) is 43.4 Å². The molecule has 3 rings (SSSR count). The standard InChI is InChI=1S/C15H22N2O3S/c18-21(19,17-11-14-4-2-8-20-14)15-5-1-3-12(9-15)10-16-13-6-7-13/h1,3,5,9,13-14,16-17H,2,4,6-8,10-11H2. The molecule has 116 valence electrons. The van der Waals surface area contributed by atoms with Crippen LogP contribution in [0.25, 0.3) is 0 Å². The Balaban J connectivity index is 1.61. The maximum absolute atomic E-state index is 12.3. The Morgan fingerprint density at radius 2 is 2.10 bits per heavy atom. The normalized spacial score (nSPS) is 22.6. The lowest BCUT2D eigenvalue weighted by atomic mass is 10.2. The Hall–Kier alpha value is -0.950. The molecule has 0 aromatic heterocycles. The van der Waals surface area contributed by atoms with Crippen LogP contribution in [0.1, 0.15) is 31.2 Å². The van der Waals surface area contributed by atoms with E-state index in [9.17, 15) is 8.42 Å². The molecule has 1 aliphatic carbocycles. The Morgan fingerprint density at radius 1 is 1.24 bits per heavy atom. The van der Waals surface area contributed by atoms with Crippen LogP contribution >= 0.6 is 0 Å². The van der Waals surface area contributed by atoms with Crippen molar-refractivity contribution in [3.63, 3.8) is 0 Å². The van der Waals surface area contributed by atoms with Gasteiger partial charge in [0, 0.05) is 25.7 Å². The van der Waals surface area contributed by atoms with Crippen LogP contribution in [0.5, 0.6) is 0 Å². The van der Waals surface area contributed by atoms with Crippen molar-refractivity contribution in [2.24, 2.45) is 0 Å². The summed E-state index contributed by atoms with van der Waals surface area (Å²) in [5.74, 6) is 0. The van der Waals surface area contributed by atoms with E-state index in [1.807, 2.05) is 6.07 Å². The SMILES string of the molecule is O=S(=O)(NCC1CCCO1)c1cccc(CNC2CC2)c1. The van der Waals surface area contributed by atoms with Crippen LogP contribution in [0.4, 0.5) is 0 Å². The number of rotatable bonds is 7. The van der Waals surface area contributed by atoms with Crippen LogP contribution in [-0.2, 0) is 21.3 Å². The Kier molecular flexibility index (Phi) is 4.59. The molecule has 21 heavy (non-hydrogen) atoms. The molecule has 2 N–H and O–H groups in total. The van der Waals surface area contributed by atoms with E-state index in [1.165, 1.54) is 12.8 Å². The van der Waals surface area contributed by atoms with E-state index in [-0.39, 0.29) is 6.10 Å². The zero-order valence-corrected chi connectivity index (χ0v) is 12.9. The third-order valence-corrected chi connectivity index (χ3v) is 5.33. The largest absolute Gasteiger partial charge is 0.377 e. The molecule has 6 heteroatoms. The summed E-state index contributed by atoms with van der Waals surface area (Å²) in [6, 6.07) is 7.74. The molecule has 1 aliphatic heterocycles. The lowest BCUT2D eigenvalue weighted by molar-refractivity contribution is 0.114. The summed E-state index contributed by atoms with van der Waals surface area (Å²) < 4.78 is 32.7. The Labute approximate surface area is 126 Å². The highest BCUT2D eigenvalue weighted by atomic mass is 32.2. The maximum Gasteiger partial charge on any atom is 0.240 e. The number of sulfonamides is 1. The first-order chi connectivity index (χ1) is 10.1. The first-order valence-electron chi connectivity index (χ1n) is 7.57. The molecule has 0 radical (unpaired) electrons. The van der Waals surface area contributed by atoms with Gasteiger partial charge in [0.05, 0.1) is 11.0 Å². The minimum Gasteiger partial charge on any atom is -0.377 e. The van der Waals surface area contributed by atoms with Crippen molar-refractivity contribution in [3.05, 3.63) is 29.8 Å². The third-order valence-electron chi connectivity index (χ3n) is 3.91. The van der Waals surface area contributed by atoms with E-state index in [0.717, 1.165) is 31.6 Å². The number of hydrogen-bond acceptors (Lipinski definition) is 4. The molecule has 1 aromatic carbocycles. The van der Waals surface area contributed by atoms with Crippen LogP contribution in [0.3, 0.4) is 0 Å². The van der Waals surface area contributed by atoms with Crippen molar-refractivity contribution in [1.29, 1.82) is 0 Å². The van der Waals surface area contributed by atoms with Crippen molar-refractivity contribution in [1.82, 2.24) is 10.0 Å². The lowest BCUT2D eigenvalue weighted by Gasteiger charge is -2.12. The molecular formula is C15H22N2O3S. The molecular weight excluding hydrogens is 288 g/mol. The van der Waals surface area contributed by atoms with Crippen LogP contribution in [0.2, 0.25) is 0 Å². The fourth-order valence-corrected chi connectivity index (χ4v) is 3.60. The molecule has 1 heterocycles. The molecule has 2 fully saturated rings. The van der Waals surface area contributed by atoms with Gasteiger partial charge in [-0.2, -0.15) is 0 Å². The summed E-state index contributed by atoms with van der Waals surface area (Å²) in [7, 11) is -3.45. The number of ether oxygens (including phenoxy) is 1. The molecule has 1 aromatic rings. The van der Waals surface area contributed by atoms with Crippen LogP contribution in [0, 0.1) is 0 Å². The molecule has 0 bridgehead atoms. The zero-order valence-electron chi connectivity index (χ0n) is 12.0. The van der Waals surface area contributed by atoms with E-state index in [1.54, 1.807) is 18.2 Å². The van der Waals surface area contributed by atoms with Gasteiger partial charge in [-0.25, -0.2) is 13.1 Å². The Morgan fingerprint density at radius 3 is 2.81 bits per heavy atom. The quantitative estimate of drug-likeness (QED) is 0.799. The monoisotopic (exact) mass is 310 g/mol. The minimum absolute atomic E-state index is 0.0134. The summed E-state index contributed by atoms with van der Waals surface area (Å²) in [5.41, 5.74) is 1.00. The molecule has 0 amide bonds. The van der Waals surface area contributed by atoms with Crippen LogP contribution in [0.15, 0.2) is 29.2 Å². The first kappa shape index (κ1) is 15.0. The van der Waals surface area contributed by atoms with Gasteiger partial charge >= 0.3 is 0 Å². The minimum atomic E-state index is -3.45. The van der Waals surface area contributed by atoms with Gasteiger partial charge in [-0.3, -0.25) is 0 Å². The summed E-state index contributed by atoms with van der Waals surface area (Å²) in [4.78, 5) is 0.329. The van der Waals surface area contributed by atoms with Crippen LogP contribution in [-0.4, -0.2) is 33.7 Å². The molecule has 1 atom stereocenters. The summed E-state index contributed by atoms with van der Waals surface area (Å²) in [6.07, 6.45) is 4.39. The number of nitrogens with one attached hydrogen (secondary N) is 2. The maximum atomic E-state index is 12.3. The van der Waals surface area contributed by atoms with Gasteiger partial charge in [-0.15, -0.1) is 0 Å². The molecule has 0 spiro atoms. The summed E-state index contributed by atoms with van der Waals surface area (Å²) in [5, 5.41) is 3.39. The van der Waals surface area contributed by atoms with E-state index in [2.05, 4.69) is 10.0 Å². The highest BCUT2D eigenvalue weighted by molar-refractivity contribution is 7.89. The lowest BCUT2D eigenvalue weighted by Crippen LogP contribution is -2.31. The van der Waals surface area contributed by atoms with Gasteiger partial charge in [-0.1, -0.05) is 12.1 Å². The average molecular weight is 310 g/mol. The third kappa shape index (κ3) is 4.26. The second-order valence-corrected chi connectivity index (χ2v) is 7.56. The van der Waals surface area contributed by atoms with Crippen molar-refractivity contribution < 1.29 is 13.2 Å². The van der Waals surface area contributed by atoms with E-state index in [4.69, 9.17) is 4.74 Å². The highest BCUT2D eigenvalue weighted by Crippen LogP contribution is 2.20. The van der Waals surface area contributed by atoms with Gasteiger partial charge in [0.1, 0.15) is 0 Å². The van der Waals surface area contributed by atoms with Crippen LogP contribution < -0.4 is 10.0 Å². The van der Waals surface area contributed by atoms with Crippen molar-refractivity contribution >= 4 is 10.0 Å². The van der Waals surface area contributed by atoms with E-state index >= 15 is 0 Å². The predicted molar refractivity (Wildman–Crippen MR) is 80.5 cm³/mol. The summed E-state index contributed by atoms with van der Waals surface area (Å²) in [6.45, 7) is 1.81. The van der Waals surface area contributed by atoms with Gasteiger partial charge in [0.15, 0.2) is 0 Å². The molecule has 1 saturated heterocycles. The van der Waals surface area contributed by atoms with Gasteiger partial charge in [0.25, 0.3) is 0 Å². The van der Waals surface area contributed by atoms with E-state index in [0.29, 0.717) is 17.5 Å². The van der Waals surface area contributed by atoms with Gasteiger partial charge < -0.3 is 10.1 Å². The molecule has 1 unspecified atom stereocenters. The molecule has 1 saturated carbocycles. The average Bonchev–Trinajstić information content (AvgIpc) is 3.17.